The molecule has 0 heterocycles. The summed E-state index contributed by atoms with van der Waals surface area (Å²) in [7, 11) is 0. The molecule has 0 aliphatic carbocycles. The molecule has 15 heavy (non-hydrogen) atoms. The van der Waals surface area contributed by atoms with Crippen molar-refractivity contribution in [3.63, 3.8) is 0 Å². The maximum absolute atomic E-state index is 11.4. The van der Waals surface area contributed by atoms with Gasteiger partial charge >= 0.3 is 0 Å². The first-order chi connectivity index (χ1) is 7.22. The van der Waals surface area contributed by atoms with Crippen LogP contribution in [0.4, 0.5) is 0 Å². The van der Waals surface area contributed by atoms with E-state index in [1.165, 1.54) is 0 Å². The number of carbonyl (C=O) groups is 1. The highest BCUT2D eigenvalue weighted by atomic mass is 16.1. The van der Waals surface area contributed by atoms with Crippen LogP contribution in [0, 0.1) is 0 Å². The minimum absolute atomic E-state index is 0.00162. The van der Waals surface area contributed by atoms with Gasteiger partial charge in [-0.3, -0.25) is 4.79 Å². The summed E-state index contributed by atoms with van der Waals surface area (Å²) in [5.41, 5.74) is 0.676. The third kappa shape index (κ3) is 8.18. The van der Waals surface area contributed by atoms with Gasteiger partial charge in [0.15, 0.2) is 0 Å². The van der Waals surface area contributed by atoms with E-state index < -0.39 is 0 Å². The van der Waals surface area contributed by atoms with Crippen LogP contribution in [0.3, 0.4) is 0 Å². The van der Waals surface area contributed by atoms with Crippen LogP contribution in [0.5, 0.6) is 0 Å². The van der Waals surface area contributed by atoms with Crippen molar-refractivity contribution in [1.29, 1.82) is 0 Å². The second-order valence-electron chi connectivity index (χ2n) is 3.71. The highest BCUT2D eigenvalue weighted by Gasteiger charge is 2.04. The van der Waals surface area contributed by atoms with Crippen LogP contribution in [0.25, 0.3) is 0 Å². The highest BCUT2D eigenvalue weighted by Crippen LogP contribution is 1.96. The Balaban J connectivity index is 3.47. The Morgan fingerprint density at radius 2 is 1.87 bits per heavy atom. The maximum atomic E-state index is 11.4. The molecule has 0 bridgehead atoms. The summed E-state index contributed by atoms with van der Waals surface area (Å²) >= 11 is 0. The molecule has 1 amide bonds. The van der Waals surface area contributed by atoms with Crippen molar-refractivity contribution < 1.29 is 4.79 Å². The molecule has 0 aromatic carbocycles. The Morgan fingerprint density at radius 3 is 2.47 bits per heavy atom. The maximum Gasteiger partial charge on any atom is 0.246 e. The van der Waals surface area contributed by atoms with Crippen molar-refractivity contribution in [2.24, 2.45) is 0 Å². The second kappa shape index (κ2) is 9.71. The highest BCUT2D eigenvalue weighted by molar-refractivity contribution is 5.92. The van der Waals surface area contributed by atoms with E-state index in [1.54, 1.807) is 0 Å². The predicted molar refractivity (Wildman–Crippen MR) is 64.8 cm³/mol. The molecule has 0 aromatic heterocycles. The molecule has 88 valence electrons. The van der Waals surface area contributed by atoms with E-state index >= 15 is 0 Å². The normalized spacial score (nSPS) is 10.0. The molecule has 3 nitrogen and oxygen atoms in total. The second-order valence-corrected chi connectivity index (χ2v) is 3.71. The summed E-state index contributed by atoms with van der Waals surface area (Å²) in [4.78, 5) is 11.4. The van der Waals surface area contributed by atoms with Gasteiger partial charge in [-0.05, 0) is 32.4 Å². The van der Waals surface area contributed by atoms with E-state index in [1.807, 2.05) is 0 Å². The average Bonchev–Trinajstić information content (AvgIpc) is 2.24. The van der Waals surface area contributed by atoms with Crippen molar-refractivity contribution in [2.75, 3.05) is 19.6 Å². The number of amides is 1. The Labute approximate surface area is 93.3 Å². The smallest absolute Gasteiger partial charge is 0.246 e. The topological polar surface area (TPSA) is 41.1 Å². The summed E-state index contributed by atoms with van der Waals surface area (Å²) in [5, 5.41) is 6.11. The van der Waals surface area contributed by atoms with Gasteiger partial charge in [0, 0.05) is 12.1 Å². The van der Waals surface area contributed by atoms with Crippen LogP contribution >= 0.6 is 0 Å². The van der Waals surface area contributed by atoms with Gasteiger partial charge in [-0.25, -0.2) is 0 Å². The molecular formula is C12H24N2O. The standard InChI is InChI=1S/C12H24N2O/c1-4-6-9-14-12(15)11(3)7-10-13-8-5-2/h13H,3-10H2,1-2H3,(H,14,15). The van der Waals surface area contributed by atoms with E-state index in [4.69, 9.17) is 0 Å². The molecule has 0 atom stereocenters. The van der Waals surface area contributed by atoms with E-state index in [9.17, 15) is 4.79 Å². The number of unbranched alkanes of at least 4 members (excludes halogenated alkanes) is 1. The molecule has 0 spiro atoms. The van der Waals surface area contributed by atoms with E-state index in [2.05, 4.69) is 31.1 Å². The van der Waals surface area contributed by atoms with Crippen LogP contribution in [0.2, 0.25) is 0 Å². The lowest BCUT2D eigenvalue weighted by Gasteiger charge is -2.07. The summed E-state index contributed by atoms with van der Waals surface area (Å²) in [6.45, 7) is 10.6. The van der Waals surface area contributed by atoms with Crippen LogP contribution in [-0.4, -0.2) is 25.5 Å². The van der Waals surface area contributed by atoms with Gasteiger partial charge < -0.3 is 10.6 Å². The summed E-state index contributed by atoms with van der Waals surface area (Å²) in [6.07, 6.45) is 3.99. The quantitative estimate of drug-likeness (QED) is 0.452. The lowest BCUT2D eigenvalue weighted by atomic mass is 10.2. The van der Waals surface area contributed by atoms with Crippen LogP contribution in [0.1, 0.15) is 39.5 Å². The molecular weight excluding hydrogens is 188 g/mol. The van der Waals surface area contributed by atoms with Crippen molar-refractivity contribution in [3.05, 3.63) is 12.2 Å². The average molecular weight is 212 g/mol. The van der Waals surface area contributed by atoms with Crippen molar-refractivity contribution in [2.45, 2.75) is 39.5 Å². The molecule has 3 heteroatoms. The molecule has 0 rings (SSSR count). The van der Waals surface area contributed by atoms with E-state index in [0.29, 0.717) is 5.57 Å². The first kappa shape index (κ1) is 14.2. The van der Waals surface area contributed by atoms with Gasteiger partial charge in [-0.1, -0.05) is 26.8 Å². The van der Waals surface area contributed by atoms with Crippen molar-refractivity contribution in [1.82, 2.24) is 10.6 Å². The molecule has 0 aromatic rings. The Kier molecular flexibility index (Phi) is 9.18. The minimum atomic E-state index is 0.00162. The SMILES string of the molecule is C=C(CCNCCC)C(=O)NCCCC. The monoisotopic (exact) mass is 212 g/mol. The Bertz CT molecular complexity index is 190. The summed E-state index contributed by atoms with van der Waals surface area (Å²) in [6, 6.07) is 0. The number of rotatable bonds is 9. The molecule has 0 aliphatic rings. The van der Waals surface area contributed by atoms with Gasteiger partial charge in [0.2, 0.25) is 5.91 Å². The first-order valence-electron chi connectivity index (χ1n) is 5.89. The minimum Gasteiger partial charge on any atom is -0.352 e. The van der Waals surface area contributed by atoms with Gasteiger partial charge in [-0.15, -0.1) is 0 Å². The van der Waals surface area contributed by atoms with Gasteiger partial charge in [-0.2, -0.15) is 0 Å². The Hall–Kier alpha value is -0.830. The number of hydrogen-bond donors (Lipinski definition) is 2. The van der Waals surface area contributed by atoms with E-state index in [0.717, 1.165) is 45.3 Å². The molecule has 0 saturated heterocycles. The van der Waals surface area contributed by atoms with Crippen LogP contribution in [-0.2, 0) is 4.79 Å². The summed E-state index contributed by atoms with van der Waals surface area (Å²) < 4.78 is 0. The zero-order valence-electron chi connectivity index (χ0n) is 10.1. The van der Waals surface area contributed by atoms with E-state index in [-0.39, 0.29) is 5.91 Å². The lowest BCUT2D eigenvalue weighted by molar-refractivity contribution is -0.117. The molecule has 0 radical (unpaired) electrons. The number of nitrogens with one attached hydrogen (secondary N) is 2. The van der Waals surface area contributed by atoms with Crippen LogP contribution < -0.4 is 10.6 Å². The van der Waals surface area contributed by atoms with Crippen molar-refractivity contribution >= 4 is 5.91 Å². The zero-order valence-corrected chi connectivity index (χ0v) is 10.1. The van der Waals surface area contributed by atoms with Gasteiger partial charge in [0.25, 0.3) is 0 Å². The summed E-state index contributed by atoms with van der Waals surface area (Å²) in [5.74, 6) is 0.00162. The third-order valence-electron chi connectivity index (χ3n) is 2.17. The fourth-order valence-corrected chi connectivity index (χ4v) is 1.16. The Morgan fingerprint density at radius 1 is 1.13 bits per heavy atom. The fraction of sp³-hybridized carbons (Fsp3) is 0.750. The predicted octanol–water partition coefficient (Wildman–Crippen LogP) is 1.85. The molecule has 0 unspecified atom stereocenters. The third-order valence-corrected chi connectivity index (χ3v) is 2.17. The molecule has 2 N–H and O–H groups in total. The molecule has 0 aliphatic heterocycles. The van der Waals surface area contributed by atoms with Crippen LogP contribution in [0.15, 0.2) is 12.2 Å². The molecule has 0 saturated carbocycles. The fourth-order valence-electron chi connectivity index (χ4n) is 1.16. The van der Waals surface area contributed by atoms with Gasteiger partial charge in [0.05, 0.1) is 0 Å². The van der Waals surface area contributed by atoms with Gasteiger partial charge in [0.1, 0.15) is 0 Å². The number of carbonyl (C=O) groups excluding carboxylic acids is 1. The number of hydrogen-bond acceptors (Lipinski definition) is 2. The first-order valence-corrected chi connectivity index (χ1v) is 5.89. The zero-order chi connectivity index (χ0) is 11.5. The van der Waals surface area contributed by atoms with Crippen molar-refractivity contribution in [3.8, 4) is 0 Å². The molecule has 0 fully saturated rings. The lowest BCUT2D eigenvalue weighted by Crippen LogP contribution is -2.27. The largest absolute Gasteiger partial charge is 0.352 e.